The summed E-state index contributed by atoms with van der Waals surface area (Å²) in [5.41, 5.74) is 5.15. The maximum Gasteiger partial charge on any atom is 0.416 e. The topological polar surface area (TPSA) is 67.6 Å². The van der Waals surface area contributed by atoms with E-state index in [2.05, 4.69) is 5.10 Å². The smallest absolute Gasteiger partial charge is 0.383 e. The molecule has 0 saturated carbocycles. The zero-order chi connectivity index (χ0) is 18.9. The lowest BCUT2D eigenvalue weighted by atomic mass is 10.2. The van der Waals surface area contributed by atoms with Crippen LogP contribution in [0.5, 0.6) is 0 Å². The van der Waals surface area contributed by atoms with Crippen LogP contribution in [-0.4, -0.2) is 9.78 Å². The van der Waals surface area contributed by atoms with Gasteiger partial charge in [0.25, 0.3) is 0 Å². The second kappa shape index (κ2) is 6.94. The molecule has 132 valence electrons. The molecule has 2 aromatic carbocycles. The van der Waals surface area contributed by atoms with Gasteiger partial charge in [-0.2, -0.15) is 23.5 Å². The van der Waals surface area contributed by atoms with Crippen LogP contribution >= 0.6 is 23.4 Å². The first kappa shape index (κ1) is 18.2. The highest BCUT2D eigenvalue weighted by molar-refractivity contribution is 7.99. The number of nitrogen functional groups attached to an aromatic ring is 1. The fourth-order valence-electron chi connectivity index (χ4n) is 2.23. The van der Waals surface area contributed by atoms with E-state index in [1.165, 1.54) is 11.8 Å². The second-order valence-corrected chi connectivity index (χ2v) is 6.66. The Morgan fingerprint density at radius 1 is 1.15 bits per heavy atom. The van der Waals surface area contributed by atoms with Gasteiger partial charge in [-0.1, -0.05) is 41.6 Å². The van der Waals surface area contributed by atoms with Crippen molar-refractivity contribution in [1.82, 2.24) is 9.78 Å². The van der Waals surface area contributed by atoms with Crippen LogP contribution in [0.25, 0.3) is 5.69 Å². The number of halogens is 4. The van der Waals surface area contributed by atoms with Gasteiger partial charge in [-0.25, -0.2) is 4.68 Å². The number of nitrogens with two attached hydrogens (primary N) is 1. The highest BCUT2D eigenvalue weighted by atomic mass is 35.5. The molecule has 0 spiro atoms. The fourth-order valence-corrected chi connectivity index (χ4v) is 3.33. The summed E-state index contributed by atoms with van der Waals surface area (Å²) in [5, 5.41) is 13.4. The number of benzene rings is 2. The molecule has 0 amide bonds. The van der Waals surface area contributed by atoms with Gasteiger partial charge in [0.15, 0.2) is 5.69 Å². The van der Waals surface area contributed by atoms with Gasteiger partial charge in [0.2, 0.25) is 0 Å². The highest BCUT2D eigenvalue weighted by Gasteiger charge is 2.31. The van der Waals surface area contributed by atoms with E-state index in [4.69, 9.17) is 17.3 Å². The third-order valence-electron chi connectivity index (χ3n) is 3.45. The Bertz CT molecular complexity index is 994. The molecule has 1 aromatic heterocycles. The molecule has 1 heterocycles. The quantitative estimate of drug-likeness (QED) is 0.667. The van der Waals surface area contributed by atoms with Crippen LogP contribution in [0.2, 0.25) is 5.02 Å². The van der Waals surface area contributed by atoms with Gasteiger partial charge in [0.05, 0.1) is 21.2 Å². The van der Waals surface area contributed by atoms with Crippen molar-refractivity contribution in [3.8, 4) is 11.8 Å². The Morgan fingerprint density at radius 3 is 2.46 bits per heavy atom. The SMILES string of the molecule is N#Cc1nn(-c2cc(C(F)(F)F)ccc2Cl)c(N)c1Sc1ccccc1. The van der Waals surface area contributed by atoms with Gasteiger partial charge in [-0.3, -0.25) is 0 Å². The number of rotatable bonds is 3. The number of aromatic nitrogens is 2. The third kappa shape index (κ3) is 3.49. The Hall–Kier alpha value is -2.63. The van der Waals surface area contributed by atoms with E-state index >= 15 is 0 Å². The molecular weight excluding hydrogens is 385 g/mol. The van der Waals surface area contributed by atoms with Gasteiger partial charge in [0, 0.05) is 4.90 Å². The van der Waals surface area contributed by atoms with Crippen LogP contribution in [-0.2, 0) is 6.18 Å². The molecule has 0 radical (unpaired) electrons. The summed E-state index contributed by atoms with van der Waals surface area (Å²) in [6.07, 6.45) is -4.54. The standard InChI is InChI=1S/C17H10ClF3N4S/c18-12-7-6-10(17(19,20)21)8-14(12)25-16(23)15(13(9-22)24-25)26-11-4-2-1-3-5-11/h1-8H,23H2. The number of nitrogens with zero attached hydrogens (tertiary/aromatic N) is 3. The highest BCUT2D eigenvalue weighted by Crippen LogP contribution is 2.38. The summed E-state index contributed by atoms with van der Waals surface area (Å²) >= 11 is 7.24. The summed E-state index contributed by atoms with van der Waals surface area (Å²) in [4.78, 5) is 1.16. The first-order valence-corrected chi connectivity index (χ1v) is 8.39. The van der Waals surface area contributed by atoms with E-state index in [0.29, 0.717) is 4.90 Å². The van der Waals surface area contributed by atoms with Crippen LogP contribution in [0.15, 0.2) is 58.3 Å². The molecule has 0 fully saturated rings. The fraction of sp³-hybridized carbons (Fsp3) is 0.0588. The number of nitriles is 1. The van der Waals surface area contributed by atoms with Crippen molar-refractivity contribution >= 4 is 29.2 Å². The zero-order valence-corrected chi connectivity index (χ0v) is 14.5. The molecule has 3 aromatic rings. The minimum absolute atomic E-state index is 0.00447. The molecule has 0 aliphatic carbocycles. The van der Waals surface area contributed by atoms with Crippen molar-refractivity contribution in [1.29, 1.82) is 5.26 Å². The molecule has 26 heavy (non-hydrogen) atoms. The van der Waals surface area contributed by atoms with Gasteiger partial charge < -0.3 is 5.73 Å². The summed E-state index contributed by atoms with van der Waals surface area (Å²) in [7, 11) is 0. The Balaban J connectivity index is 2.12. The first-order chi connectivity index (χ1) is 12.3. The molecule has 0 aliphatic rings. The largest absolute Gasteiger partial charge is 0.416 e. The number of hydrogen-bond donors (Lipinski definition) is 1. The van der Waals surface area contributed by atoms with Crippen LogP contribution in [0.3, 0.4) is 0 Å². The monoisotopic (exact) mass is 394 g/mol. The Kier molecular flexibility index (Phi) is 4.85. The van der Waals surface area contributed by atoms with E-state index in [9.17, 15) is 18.4 Å². The average molecular weight is 395 g/mol. The van der Waals surface area contributed by atoms with Gasteiger partial charge in [-0.05, 0) is 30.3 Å². The molecule has 4 nitrogen and oxygen atoms in total. The molecule has 0 aliphatic heterocycles. The van der Waals surface area contributed by atoms with Crippen LogP contribution in [0, 0.1) is 11.3 Å². The van der Waals surface area contributed by atoms with Crippen molar-refractivity contribution in [2.75, 3.05) is 5.73 Å². The Morgan fingerprint density at radius 2 is 1.85 bits per heavy atom. The summed E-state index contributed by atoms with van der Waals surface area (Å²) in [5.74, 6) is 0.0385. The summed E-state index contributed by atoms with van der Waals surface area (Å²) in [6, 6.07) is 13.9. The molecule has 3 rings (SSSR count). The summed E-state index contributed by atoms with van der Waals surface area (Å²) < 4.78 is 40.0. The van der Waals surface area contributed by atoms with Crippen molar-refractivity contribution in [3.05, 3.63) is 64.8 Å². The maximum absolute atomic E-state index is 13.0. The van der Waals surface area contributed by atoms with Gasteiger partial charge in [-0.15, -0.1) is 0 Å². The maximum atomic E-state index is 13.0. The van der Waals surface area contributed by atoms with E-state index in [1.807, 2.05) is 36.4 Å². The van der Waals surface area contributed by atoms with E-state index in [0.717, 1.165) is 27.8 Å². The molecule has 0 unspecified atom stereocenters. The second-order valence-electron chi connectivity index (χ2n) is 5.17. The minimum Gasteiger partial charge on any atom is -0.383 e. The van der Waals surface area contributed by atoms with E-state index in [-0.39, 0.29) is 22.2 Å². The van der Waals surface area contributed by atoms with Crippen molar-refractivity contribution in [3.63, 3.8) is 0 Å². The lowest BCUT2D eigenvalue weighted by molar-refractivity contribution is -0.137. The number of alkyl halides is 3. The first-order valence-electron chi connectivity index (χ1n) is 7.20. The van der Waals surface area contributed by atoms with Crippen molar-refractivity contribution in [2.45, 2.75) is 16.0 Å². The summed E-state index contributed by atoms with van der Waals surface area (Å²) in [6.45, 7) is 0. The molecular formula is C17H10ClF3N4S. The van der Waals surface area contributed by atoms with Crippen LogP contribution < -0.4 is 5.73 Å². The lowest BCUT2D eigenvalue weighted by Crippen LogP contribution is -2.08. The predicted molar refractivity (Wildman–Crippen MR) is 93.3 cm³/mol. The molecule has 0 bridgehead atoms. The molecule has 2 N–H and O–H groups in total. The van der Waals surface area contributed by atoms with Crippen molar-refractivity contribution in [2.24, 2.45) is 0 Å². The number of anilines is 1. The normalized spacial score (nSPS) is 11.3. The predicted octanol–water partition coefficient (Wildman–Crippen LogP) is 5.15. The van der Waals surface area contributed by atoms with Crippen LogP contribution in [0.4, 0.5) is 19.0 Å². The van der Waals surface area contributed by atoms with E-state index < -0.39 is 11.7 Å². The van der Waals surface area contributed by atoms with Gasteiger partial charge >= 0.3 is 6.18 Å². The average Bonchev–Trinajstić information content (AvgIpc) is 2.91. The van der Waals surface area contributed by atoms with Gasteiger partial charge in [0.1, 0.15) is 11.9 Å². The number of hydrogen-bond acceptors (Lipinski definition) is 4. The van der Waals surface area contributed by atoms with E-state index in [1.54, 1.807) is 0 Å². The molecule has 0 saturated heterocycles. The molecule has 0 atom stereocenters. The van der Waals surface area contributed by atoms with Crippen LogP contribution in [0.1, 0.15) is 11.3 Å². The Labute approximate surface area is 156 Å². The molecule has 9 heteroatoms. The minimum atomic E-state index is -4.54. The third-order valence-corrected chi connectivity index (χ3v) is 4.88. The van der Waals surface area contributed by atoms with Crippen molar-refractivity contribution < 1.29 is 13.2 Å². The lowest BCUT2D eigenvalue weighted by Gasteiger charge is -2.11. The zero-order valence-electron chi connectivity index (χ0n) is 13.0.